The standard InChI is InChI=1S/C18H20N4O3/c23-17(14-4-2-1-3-5-14)22-7-6-21-12-15(19-16(21)13-22)18(24)20-8-10-25-11-9-20/h1-5,12H,6-11,13H2. The van der Waals surface area contributed by atoms with Gasteiger partial charge in [-0.25, -0.2) is 4.98 Å². The lowest BCUT2D eigenvalue weighted by molar-refractivity contribution is 0.0299. The van der Waals surface area contributed by atoms with E-state index < -0.39 is 0 Å². The van der Waals surface area contributed by atoms with Crippen molar-refractivity contribution in [3.05, 3.63) is 53.6 Å². The number of fused-ring (bicyclic) bond motifs is 1. The van der Waals surface area contributed by atoms with E-state index >= 15 is 0 Å². The van der Waals surface area contributed by atoms with E-state index in [9.17, 15) is 9.59 Å². The predicted octanol–water partition coefficient (Wildman–Crippen LogP) is 1.01. The molecule has 0 bridgehead atoms. The van der Waals surface area contributed by atoms with E-state index in [1.165, 1.54) is 0 Å². The summed E-state index contributed by atoms with van der Waals surface area (Å²) in [5, 5.41) is 0. The summed E-state index contributed by atoms with van der Waals surface area (Å²) in [5.41, 5.74) is 1.12. The minimum Gasteiger partial charge on any atom is -0.378 e. The van der Waals surface area contributed by atoms with E-state index in [4.69, 9.17) is 4.74 Å². The molecule has 2 aliphatic rings. The van der Waals surface area contributed by atoms with Crippen molar-refractivity contribution in [2.75, 3.05) is 32.8 Å². The van der Waals surface area contributed by atoms with Crippen molar-refractivity contribution in [1.82, 2.24) is 19.4 Å². The molecule has 0 atom stereocenters. The fourth-order valence-electron chi connectivity index (χ4n) is 3.22. The summed E-state index contributed by atoms with van der Waals surface area (Å²) in [6, 6.07) is 9.24. The lowest BCUT2D eigenvalue weighted by atomic mass is 10.2. The summed E-state index contributed by atoms with van der Waals surface area (Å²) in [4.78, 5) is 33.2. The van der Waals surface area contributed by atoms with Crippen molar-refractivity contribution in [3.63, 3.8) is 0 Å². The molecule has 1 aromatic carbocycles. The van der Waals surface area contributed by atoms with Gasteiger partial charge in [-0.3, -0.25) is 9.59 Å². The highest BCUT2D eigenvalue weighted by Crippen LogP contribution is 2.17. The number of rotatable bonds is 2. The van der Waals surface area contributed by atoms with E-state index in [1.807, 2.05) is 34.9 Å². The van der Waals surface area contributed by atoms with Gasteiger partial charge in [-0.1, -0.05) is 18.2 Å². The molecule has 0 N–H and O–H groups in total. The van der Waals surface area contributed by atoms with Crippen LogP contribution >= 0.6 is 0 Å². The summed E-state index contributed by atoms with van der Waals surface area (Å²) in [5.74, 6) is 0.689. The number of nitrogens with zero attached hydrogens (tertiary/aromatic N) is 4. The maximum atomic E-state index is 12.6. The van der Waals surface area contributed by atoms with Gasteiger partial charge in [-0.05, 0) is 12.1 Å². The topological polar surface area (TPSA) is 67.7 Å². The number of hydrogen-bond donors (Lipinski definition) is 0. The highest BCUT2D eigenvalue weighted by atomic mass is 16.5. The van der Waals surface area contributed by atoms with Gasteiger partial charge in [0, 0.05) is 37.9 Å². The minimum absolute atomic E-state index is 0.00379. The van der Waals surface area contributed by atoms with Crippen LogP contribution in [0.15, 0.2) is 36.5 Å². The first-order chi connectivity index (χ1) is 12.2. The molecular weight excluding hydrogens is 320 g/mol. The lowest BCUT2D eigenvalue weighted by Crippen LogP contribution is -2.40. The van der Waals surface area contributed by atoms with E-state index in [0.29, 0.717) is 57.2 Å². The van der Waals surface area contributed by atoms with Gasteiger partial charge in [0.1, 0.15) is 11.5 Å². The van der Waals surface area contributed by atoms with Crippen molar-refractivity contribution in [1.29, 1.82) is 0 Å². The number of carbonyl (C=O) groups is 2. The largest absolute Gasteiger partial charge is 0.378 e. The second-order valence-corrected chi connectivity index (χ2v) is 6.23. The Morgan fingerprint density at radius 2 is 1.68 bits per heavy atom. The molecule has 2 aromatic rings. The minimum atomic E-state index is -0.0638. The highest BCUT2D eigenvalue weighted by Gasteiger charge is 2.27. The highest BCUT2D eigenvalue weighted by molar-refractivity contribution is 5.94. The first-order valence-electron chi connectivity index (χ1n) is 8.50. The Labute approximate surface area is 145 Å². The van der Waals surface area contributed by atoms with E-state index in [0.717, 1.165) is 5.82 Å². The summed E-state index contributed by atoms with van der Waals surface area (Å²) < 4.78 is 7.26. The van der Waals surface area contributed by atoms with Gasteiger partial charge in [0.05, 0.1) is 19.8 Å². The SMILES string of the molecule is O=C(c1ccccc1)N1CCn2cc(C(=O)N3CCOCC3)nc2C1. The van der Waals surface area contributed by atoms with Gasteiger partial charge in [0.2, 0.25) is 0 Å². The van der Waals surface area contributed by atoms with Gasteiger partial charge >= 0.3 is 0 Å². The number of aromatic nitrogens is 2. The van der Waals surface area contributed by atoms with Crippen molar-refractivity contribution in [3.8, 4) is 0 Å². The van der Waals surface area contributed by atoms with Crippen molar-refractivity contribution < 1.29 is 14.3 Å². The van der Waals surface area contributed by atoms with Crippen LogP contribution in [0.1, 0.15) is 26.7 Å². The second kappa shape index (κ2) is 6.68. The molecule has 0 unspecified atom stereocenters. The molecule has 0 aliphatic carbocycles. The maximum absolute atomic E-state index is 12.6. The van der Waals surface area contributed by atoms with Crippen LogP contribution in [-0.2, 0) is 17.8 Å². The van der Waals surface area contributed by atoms with Crippen LogP contribution in [0.2, 0.25) is 0 Å². The molecule has 2 aliphatic heterocycles. The van der Waals surface area contributed by atoms with Crippen LogP contribution in [0.3, 0.4) is 0 Å². The molecule has 0 radical (unpaired) electrons. The third kappa shape index (κ3) is 3.15. The molecule has 1 saturated heterocycles. The van der Waals surface area contributed by atoms with Crippen LogP contribution in [-0.4, -0.2) is 64.0 Å². The van der Waals surface area contributed by atoms with Crippen molar-refractivity contribution in [2.24, 2.45) is 0 Å². The average Bonchev–Trinajstić information content (AvgIpc) is 3.11. The molecule has 130 valence electrons. The summed E-state index contributed by atoms with van der Waals surface area (Å²) in [6.45, 7) is 4.01. The average molecular weight is 340 g/mol. The van der Waals surface area contributed by atoms with Crippen LogP contribution in [0, 0.1) is 0 Å². The fraction of sp³-hybridized carbons (Fsp3) is 0.389. The number of ether oxygens (including phenoxy) is 1. The van der Waals surface area contributed by atoms with Crippen LogP contribution in [0.25, 0.3) is 0 Å². The summed E-state index contributed by atoms with van der Waals surface area (Å²) in [6.07, 6.45) is 1.80. The monoisotopic (exact) mass is 340 g/mol. The van der Waals surface area contributed by atoms with Gasteiger partial charge in [-0.2, -0.15) is 0 Å². The Morgan fingerprint density at radius 1 is 0.920 bits per heavy atom. The van der Waals surface area contributed by atoms with Gasteiger partial charge in [-0.15, -0.1) is 0 Å². The third-order valence-corrected chi connectivity index (χ3v) is 4.63. The van der Waals surface area contributed by atoms with Crippen molar-refractivity contribution >= 4 is 11.8 Å². The Kier molecular flexibility index (Phi) is 4.23. The zero-order valence-electron chi connectivity index (χ0n) is 13.9. The second-order valence-electron chi connectivity index (χ2n) is 6.23. The summed E-state index contributed by atoms with van der Waals surface area (Å²) >= 11 is 0. The molecule has 7 heteroatoms. The number of morpholine rings is 1. The first-order valence-corrected chi connectivity index (χ1v) is 8.50. The van der Waals surface area contributed by atoms with Gasteiger partial charge < -0.3 is 19.1 Å². The van der Waals surface area contributed by atoms with Crippen LogP contribution in [0.4, 0.5) is 0 Å². The first kappa shape index (κ1) is 15.8. The molecule has 1 aromatic heterocycles. The zero-order valence-corrected chi connectivity index (χ0v) is 13.9. The van der Waals surface area contributed by atoms with Crippen LogP contribution < -0.4 is 0 Å². The Bertz CT molecular complexity index is 781. The van der Waals surface area contributed by atoms with Crippen LogP contribution in [0.5, 0.6) is 0 Å². The van der Waals surface area contributed by atoms with E-state index in [-0.39, 0.29) is 11.8 Å². The fourth-order valence-corrected chi connectivity index (χ4v) is 3.22. The molecule has 7 nitrogen and oxygen atoms in total. The molecule has 3 heterocycles. The normalized spacial score (nSPS) is 17.3. The van der Waals surface area contributed by atoms with Crippen molar-refractivity contribution in [2.45, 2.75) is 13.1 Å². The quantitative estimate of drug-likeness (QED) is 0.818. The molecular formula is C18H20N4O3. The number of benzene rings is 1. The Balaban J connectivity index is 1.49. The van der Waals surface area contributed by atoms with Gasteiger partial charge in [0.25, 0.3) is 11.8 Å². The predicted molar refractivity (Wildman–Crippen MR) is 90.1 cm³/mol. The smallest absolute Gasteiger partial charge is 0.274 e. The third-order valence-electron chi connectivity index (χ3n) is 4.63. The Morgan fingerprint density at radius 3 is 2.44 bits per heavy atom. The number of imidazole rings is 1. The van der Waals surface area contributed by atoms with E-state index in [2.05, 4.69) is 4.98 Å². The maximum Gasteiger partial charge on any atom is 0.274 e. The molecule has 4 rings (SSSR count). The Hall–Kier alpha value is -2.67. The van der Waals surface area contributed by atoms with Gasteiger partial charge in [0.15, 0.2) is 0 Å². The number of hydrogen-bond acceptors (Lipinski definition) is 4. The van der Waals surface area contributed by atoms with E-state index in [1.54, 1.807) is 16.0 Å². The number of carbonyl (C=O) groups excluding carboxylic acids is 2. The molecule has 1 fully saturated rings. The molecule has 25 heavy (non-hydrogen) atoms. The molecule has 0 saturated carbocycles. The lowest BCUT2D eigenvalue weighted by Gasteiger charge is -2.27. The molecule has 0 spiro atoms. The summed E-state index contributed by atoms with van der Waals surface area (Å²) in [7, 11) is 0. The number of amides is 2. The zero-order chi connectivity index (χ0) is 17.2. The molecule has 2 amide bonds.